The summed E-state index contributed by atoms with van der Waals surface area (Å²) in [5.41, 5.74) is -2.01. The van der Waals surface area contributed by atoms with E-state index < -0.39 is 62.0 Å². The Bertz CT molecular complexity index is 1590. The van der Waals surface area contributed by atoms with Crippen molar-refractivity contribution >= 4 is 33.0 Å². The highest BCUT2D eigenvalue weighted by molar-refractivity contribution is 7.92. The fraction of sp³-hybridized carbons (Fsp3) is 0.333. The summed E-state index contributed by atoms with van der Waals surface area (Å²) in [6.07, 6.45) is -0.0762. The Kier molecular flexibility index (Phi) is 7.32. The fourth-order valence-electron chi connectivity index (χ4n) is 5.99. The first-order valence-corrected chi connectivity index (χ1v) is 14.4. The average molecular weight is 598 g/mol. The Hall–Kier alpha value is -3.19. The van der Waals surface area contributed by atoms with E-state index in [-0.39, 0.29) is 39.7 Å². The molecule has 2 aliphatic rings. The lowest BCUT2D eigenvalue weighted by Gasteiger charge is -2.44. The van der Waals surface area contributed by atoms with Crippen molar-refractivity contribution in [3.05, 3.63) is 88.5 Å². The summed E-state index contributed by atoms with van der Waals surface area (Å²) in [6, 6.07) is 8.62. The van der Waals surface area contributed by atoms with E-state index in [1.165, 1.54) is 12.1 Å². The van der Waals surface area contributed by atoms with E-state index in [0.29, 0.717) is 17.6 Å². The molecule has 0 aliphatic heterocycles. The first kappa shape index (κ1) is 28.3. The average Bonchev–Trinajstić information content (AvgIpc) is 3.06. The predicted molar refractivity (Wildman–Crippen MR) is 136 cm³/mol. The van der Waals surface area contributed by atoms with Crippen molar-refractivity contribution in [2.75, 3.05) is 5.32 Å². The van der Waals surface area contributed by atoms with Crippen LogP contribution >= 0.6 is 11.6 Å². The van der Waals surface area contributed by atoms with Crippen LogP contribution < -0.4 is 10.0 Å². The van der Waals surface area contributed by atoms with Crippen LogP contribution in [0.1, 0.15) is 47.8 Å². The van der Waals surface area contributed by atoms with Crippen molar-refractivity contribution in [3.8, 4) is 0 Å². The summed E-state index contributed by atoms with van der Waals surface area (Å²) in [4.78, 5) is 12.5. The van der Waals surface area contributed by atoms with Gasteiger partial charge in [-0.1, -0.05) is 11.6 Å². The second kappa shape index (κ2) is 10.3. The summed E-state index contributed by atoms with van der Waals surface area (Å²) >= 11 is 6.26. The second-order valence-electron chi connectivity index (χ2n) is 10.2. The van der Waals surface area contributed by atoms with Crippen LogP contribution in [-0.2, 0) is 9.84 Å². The molecule has 2 bridgehead atoms. The Morgan fingerprint density at radius 1 is 1.02 bits per heavy atom. The molecule has 4 N–H and O–H groups in total. The van der Waals surface area contributed by atoms with Gasteiger partial charge in [0.15, 0.2) is 33.4 Å². The molecule has 2 aliphatic carbocycles. The van der Waals surface area contributed by atoms with Gasteiger partial charge in [0, 0.05) is 28.1 Å². The zero-order valence-corrected chi connectivity index (χ0v) is 22.3. The van der Waals surface area contributed by atoms with Gasteiger partial charge in [-0.05, 0) is 73.9 Å². The Morgan fingerprint density at radius 3 is 2.33 bits per heavy atom. The molecule has 2 aromatic carbocycles. The van der Waals surface area contributed by atoms with E-state index in [2.05, 4.69) is 5.32 Å². The van der Waals surface area contributed by atoms with Gasteiger partial charge in [-0.25, -0.2) is 21.6 Å². The molecule has 2 saturated carbocycles. The second-order valence-corrected chi connectivity index (χ2v) is 12.8. The van der Waals surface area contributed by atoms with Gasteiger partial charge in [0.25, 0.3) is 17.8 Å². The van der Waals surface area contributed by atoms with Crippen molar-refractivity contribution in [2.24, 2.45) is 11.8 Å². The molecule has 2 fully saturated rings. The van der Waals surface area contributed by atoms with Crippen LogP contribution in [0.2, 0.25) is 5.02 Å². The molecule has 5 atom stereocenters. The molecule has 8 nitrogen and oxygen atoms in total. The highest BCUT2D eigenvalue weighted by Gasteiger charge is 2.61. The SMILES string of the molecule is O=C(Nc1ccc(F)c(F)c1)c1ccc(Cl)c(S(=O)(=O)C2CC3CC[C@@H](C2)C3(O)C(O)c2ccc(F)c[n+]2O)c1. The number of aromatic nitrogens is 1. The van der Waals surface area contributed by atoms with Crippen LogP contribution in [0.3, 0.4) is 0 Å². The third kappa shape index (κ3) is 4.83. The minimum Gasteiger partial charge on any atom is -0.386 e. The van der Waals surface area contributed by atoms with Crippen LogP contribution in [0.15, 0.2) is 59.6 Å². The van der Waals surface area contributed by atoms with E-state index in [0.717, 1.165) is 42.6 Å². The van der Waals surface area contributed by atoms with Gasteiger partial charge in [-0.15, -0.1) is 0 Å². The van der Waals surface area contributed by atoms with Crippen LogP contribution in [0.4, 0.5) is 18.9 Å². The van der Waals surface area contributed by atoms with E-state index in [1.54, 1.807) is 0 Å². The quantitative estimate of drug-likeness (QED) is 0.252. The molecule has 0 saturated heterocycles. The summed E-state index contributed by atoms with van der Waals surface area (Å²) in [5, 5.41) is 34.0. The van der Waals surface area contributed by atoms with Gasteiger partial charge in [-0.3, -0.25) is 10.0 Å². The van der Waals surface area contributed by atoms with Crippen molar-refractivity contribution in [3.63, 3.8) is 0 Å². The van der Waals surface area contributed by atoms with Gasteiger partial charge in [0.2, 0.25) is 0 Å². The number of aliphatic hydroxyl groups is 2. The highest BCUT2D eigenvalue weighted by Crippen LogP contribution is 2.56. The lowest BCUT2D eigenvalue weighted by atomic mass is 9.70. The fourth-order valence-corrected chi connectivity index (χ4v) is 8.39. The number of aliphatic hydroxyl groups excluding tert-OH is 1. The van der Waals surface area contributed by atoms with Gasteiger partial charge in [-0.2, -0.15) is 0 Å². The summed E-state index contributed by atoms with van der Waals surface area (Å²) in [7, 11) is -4.13. The van der Waals surface area contributed by atoms with Crippen molar-refractivity contribution in [1.82, 2.24) is 0 Å². The topological polar surface area (TPSA) is 128 Å². The zero-order valence-electron chi connectivity index (χ0n) is 20.8. The van der Waals surface area contributed by atoms with Crippen LogP contribution in [-0.4, -0.2) is 40.6 Å². The number of rotatable bonds is 6. The number of nitrogens with one attached hydrogen (secondary N) is 1. The number of fused-ring (bicyclic) bond motifs is 2. The molecule has 3 aromatic rings. The van der Waals surface area contributed by atoms with E-state index in [1.807, 2.05) is 0 Å². The molecule has 0 radical (unpaired) electrons. The number of amides is 1. The number of halogens is 4. The molecule has 1 heterocycles. The summed E-state index contributed by atoms with van der Waals surface area (Å²) in [6.45, 7) is 0. The van der Waals surface area contributed by atoms with Gasteiger partial charge in [0.05, 0.1) is 15.2 Å². The number of sulfone groups is 1. The van der Waals surface area contributed by atoms with Gasteiger partial charge >= 0.3 is 0 Å². The Morgan fingerprint density at radius 2 is 1.70 bits per heavy atom. The number of carbonyl (C=O) groups is 1. The maximum absolute atomic E-state index is 13.7. The molecule has 0 spiro atoms. The number of hydrogen-bond donors (Lipinski definition) is 4. The smallest absolute Gasteiger partial charge is 0.265 e. The number of hydrogen-bond acceptors (Lipinski definition) is 6. The van der Waals surface area contributed by atoms with E-state index >= 15 is 0 Å². The van der Waals surface area contributed by atoms with Crippen molar-refractivity contribution in [1.29, 1.82) is 0 Å². The molecule has 13 heteroatoms. The van der Waals surface area contributed by atoms with Crippen LogP contribution in [0.5, 0.6) is 0 Å². The molecule has 4 unspecified atom stereocenters. The van der Waals surface area contributed by atoms with Crippen molar-refractivity contribution in [2.45, 2.75) is 47.5 Å². The summed E-state index contributed by atoms with van der Waals surface area (Å²) in [5.74, 6) is -5.10. The van der Waals surface area contributed by atoms with E-state index in [4.69, 9.17) is 11.6 Å². The molecule has 1 aromatic heterocycles. The first-order chi connectivity index (χ1) is 18.8. The molecular formula is C27H25ClF3N2O6S+. The first-order valence-electron chi connectivity index (χ1n) is 12.4. The third-order valence-corrected chi connectivity index (χ3v) is 10.7. The largest absolute Gasteiger partial charge is 0.386 e. The number of anilines is 1. The van der Waals surface area contributed by atoms with Crippen LogP contribution in [0, 0.1) is 29.3 Å². The molecule has 1 amide bonds. The molecular weight excluding hydrogens is 573 g/mol. The minimum absolute atomic E-state index is 0.0272. The zero-order chi connectivity index (χ0) is 29.0. The lowest BCUT2D eigenvalue weighted by Crippen LogP contribution is -2.54. The number of pyridine rings is 1. The van der Waals surface area contributed by atoms with Crippen molar-refractivity contribution < 1.29 is 46.5 Å². The summed E-state index contributed by atoms with van der Waals surface area (Å²) < 4.78 is 68.1. The standard InChI is InChI=1S/C27H24ClF3N2O6S/c28-20-6-1-14(26(35)32-18-5-7-21(30)22(31)12-18)9-24(20)40(38,39)19-10-15-2-3-16(11-19)27(15,36)25(34)23-8-4-17(29)13-33(23)37/h1,4-9,12-13,15-16,19,25,34,36H,2-3,10-11H2,(H-,32,35,37)/p+1/t15-,16?,19?,25?,27?/m0/s1. The van der Waals surface area contributed by atoms with Gasteiger partial charge < -0.3 is 15.5 Å². The number of nitrogens with zero attached hydrogens (tertiary/aromatic N) is 1. The normalized spacial score (nSPS) is 25.0. The predicted octanol–water partition coefficient (Wildman–Crippen LogP) is 3.96. The Balaban J connectivity index is 1.39. The monoisotopic (exact) mass is 597 g/mol. The van der Waals surface area contributed by atoms with Crippen LogP contribution in [0.25, 0.3) is 0 Å². The minimum atomic E-state index is -4.13. The Labute approximate surface area is 232 Å². The maximum atomic E-state index is 13.7. The maximum Gasteiger partial charge on any atom is 0.265 e. The molecule has 40 heavy (non-hydrogen) atoms. The third-order valence-electron chi connectivity index (χ3n) is 8.02. The number of benzene rings is 2. The van der Waals surface area contributed by atoms with Gasteiger partial charge in [0.1, 0.15) is 5.60 Å². The molecule has 5 rings (SSSR count). The molecule has 212 valence electrons. The lowest BCUT2D eigenvalue weighted by molar-refractivity contribution is -0.912. The van der Waals surface area contributed by atoms with E-state index in [9.17, 15) is 41.8 Å². The number of carbonyl (C=O) groups excluding carboxylic acids is 1. The highest BCUT2D eigenvalue weighted by atomic mass is 35.5.